The number of piperidine rings is 1. The third-order valence-electron chi connectivity index (χ3n) is 6.75. The highest BCUT2D eigenvalue weighted by Gasteiger charge is 2.63. The Morgan fingerprint density at radius 2 is 2.19 bits per heavy atom. The van der Waals surface area contributed by atoms with E-state index in [1.54, 1.807) is 18.5 Å². The average molecular weight is 375 g/mol. The molecule has 2 amide bonds. The van der Waals surface area contributed by atoms with Gasteiger partial charge < -0.3 is 4.90 Å². The Bertz CT molecular complexity index is 799. The molecule has 0 spiro atoms. The van der Waals surface area contributed by atoms with E-state index < -0.39 is 11.7 Å². The first-order chi connectivity index (χ1) is 12.9. The van der Waals surface area contributed by atoms with Gasteiger partial charge in [-0.2, -0.15) is 0 Å². The average Bonchev–Trinajstić information content (AvgIpc) is 3.22. The lowest BCUT2D eigenvalue weighted by Gasteiger charge is -2.41. The molecular formula is C20H26FN3O3. The van der Waals surface area contributed by atoms with Crippen LogP contribution in [-0.4, -0.2) is 51.5 Å². The van der Waals surface area contributed by atoms with Crippen LogP contribution in [-0.2, 0) is 17.8 Å². The number of fused-ring (bicyclic) bond motifs is 2. The number of nitrogens with zero attached hydrogens (tertiary/aromatic N) is 2. The number of halogens is 1. The van der Waals surface area contributed by atoms with E-state index in [-0.39, 0.29) is 23.1 Å². The molecule has 2 N–H and O–H groups in total. The Kier molecular flexibility index (Phi) is 4.47. The molecule has 146 valence electrons. The first-order valence-electron chi connectivity index (χ1n) is 9.67. The summed E-state index contributed by atoms with van der Waals surface area (Å²) in [6.45, 7) is 5.93. The molecule has 0 radical (unpaired) electrons. The van der Waals surface area contributed by atoms with Gasteiger partial charge in [0, 0.05) is 38.2 Å². The van der Waals surface area contributed by atoms with E-state index >= 15 is 0 Å². The summed E-state index contributed by atoms with van der Waals surface area (Å²) in [4.78, 5) is 28.2. The maximum absolute atomic E-state index is 14.6. The molecule has 2 fully saturated rings. The standard InChI is InChI=1S/C20H26FN3O3/c1-3-16-8-17-14(6-13(7-18(17)21)19(26)22-27)10-23(16)11-20-9-15(20)4-5-24(20)12(2)25/h6-7,15-16,27H,3-5,8-11H2,1-2H3,(H,22,26)/t15?,16-,20?/m0/s1. The molecule has 2 heterocycles. The number of benzene rings is 1. The number of carbonyl (C=O) groups is 2. The molecular weight excluding hydrogens is 349 g/mol. The van der Waals surface area contributed by atoms with Gasteiger partial charge in [-0.3, -0.25) is 19.7 Å². The van der Waals surface area contributed by atoms with Gasteiger partial charge in [-0.15, -0.1) is 0 Å². The molecule has 3 aliphatic rings. The Morgan fingerprint density at radius 3 is 2.81 bits per heavy atom. The predicted octanol–water partition coefficient (Wildman–Crippen LogP) is 2.09. The van der Waals surface area contributed by atoms with Gasteiger partial charge in [-0.1, -0.05) is 6.92 Å². The number of hydrogen-bond acceptors (Lipinski definition) is 4. The topological polar surface area (TPSA) is 72.9 Å². The fraction of sp³-hybridized carbons (Fsp3) is 0.600. The quantitative estimate of drug-likeness (QED) is 0.624. The van der Waals surface area contributed by atoms with Gasteiger partial charge in [0.15, 0.2) is 0 Å². The third kappa shape index (κ3) is 2.93. The number of nitrogens with one attached hydrogen (secondary N) is 1. The van der Waals surface area contributed by atoms with Crippen LogP contribution in [0, 0.1) is 11.7 Å². The second kappa shape index (κ2) is 6.56. The summed E-state index contributed by atoms with van der Waals surface area (Å²) >= 11 is 0. The summed E-state index contributed by atoms with van der Waals surface area (Å²) in [5.74, 6) is -0.393. The van der Waals surface area contributed by atoms with Crippen molar-refractivity contribution in [3.8, 4) is 0 Å². The van der Waals surface area contributed by atoms with Crippen LogP contribution in [0.2, 0.25) is 0 Å². The summed E-state index contributed by atoms with van der Waals surface area (Å²) in [6, 6.07) is 3.08. The van der Waals surface area contributed by atoms with E-state index in [1.165, 1.54) is 6.07 Å². The van der Waals surface area contributed by atoms with Gasteiger partial charge in [-0.25, -0.2) is 9.87 Å². The van der Waals surface area contributed by atoms with Crippen LogP contribution in [0.3, 0.4) is 0 Å². The first kappa shape index (κ1) is 18.4. The highest BCUT2D eigenvalue weighted by Crippen LogP contribution is 2.56. The maximum Gasteiger partial charge on any atom is 0.274 e. The van der Waals surface area contributed by atoms with E-state index in [9.17, 15) is 14.0 Å². The van der Waals surface area contributed by atoms with Crippen molar-refractivity contribution < 1.29 is 19.2 Å². The molecule has 2 unspecified atom stereocenters. The molecule has 1 aromatic carbocycles. The zero-order valence-corrected chi connectivity index (χ0v) is 15.8. The molecule has 2 aliphatic heterocycles. The number of rotatable bonds is 4. The summed E-state index contributed by atoms with van der Waals surface area (Å²) in [7, 11) is 0. The minimum Gasteiger partial charge on any atom is -0.336 e. The molecule has 7 heteroatoms. The van der Waals surface area contributed by atoms with Crippen LogP contribution in [0.25, 0.3) is 0 Å². The minimum atomic E-state index is -0.708. The van der Waals surface area contributed by atoms with Crippen molar-refractivity contribution in [1.82, 2.24) is 15.3 Å². The highest BCUT2D eigenvalue weighted by atomic mass is 19.1. The smallest absolute Gasteiger partial charge is 0.274 e. The third-order valence-corrected chi connectivity index (χ3v) is 6.75. The second-order valence-electron chi connectivity index (χ2n) is 8.17. The van der Waals surface area contributed by atoms with Gasteiger partial charge >= 0.3 is 0 Å². The van der Waals surface area contributed by atoms with Crippen molar-refractivity contribution in [2.45, 2.75) is 57.7 Å². The minimum absolute atomic E-state index is 0.0601. The van der Waals surface area contributed by atoms with E-state index in [4.69, 9.17) is 5.21 Å². The predicted molar refractivity (Wildman–Crippen MR) is 96.7 cm³/mol. The summed E-state index contributed by atoms with van der Waals surface area (Å²) in [5.41, 5.74) is 3.09. The van der Waals surface area contributed by atoms with Crippen LogP contribution in [0.5, 0.6) is 0 Å². The zero-order chi connectivity index (χ0) is 19.3. The Morgan fingerprint density at radius 1 is 1.41 bits per heavy atom. The number of amides is 2. The fourth-order valence-electron chi connectivity index (χ4n) is 5.24. The molecule has 0 aromatic heterocycles. The van der Waals surface area contributed by atoms with Crippen LogP contribution < -0.4 is 5.48 Å². The zero-order valence-electron chi connectivity index (χ0n) is 15.8. The number of carbonyl (C=O) groups excluding carboxylic acids is 2. The summed E-state index contributed by atoms with van der Waals surface area (Å²) < 4.78 is 14.6. The Hall–Kier alpha value is -1.99. The van der Waals surface area contributed by atoms with Crippen molar-refractivity contribution in [2.24, 2.45) is 5.92 Å². The van der Waals surface area contributed by atoms with E-state index in [1.807, 2.05) is 4.90 Å². The number of hydrogen-bond donors (Lipinski definition) is 2. The van der Waals surface area contributed by atoms with E-state index in [2.05, 4.69) is 11.8 Å². The normalized spacial score (nSPS) is 29.3. The van der Waals surface area contributed by atoms with Gasteiger partial charge in [0.2, 0.25) is 5.91 Å². The van der Waals surface area contributed by atoms with Gasteiger partial charge in [0.25, 0.3) is 5.91 Å². The summed E-state index contributed by atoms with van der Waals surface area (Å²) in [6.07, 6.45) is 3.61. The highest BCUT2D eigenvalue weighted by molar-refractivity contribution is 5.93. The maximum atomic E-state index is 14.6. The Balaban J connectivity index is 1.62. The lowest BCUT2D eigenvalue weighted by molar-refractivity contribution is -0.131. The molecule has 0 bridgehead atoms. The molecule has 4 rings (SSSR count). The van der Waals surface area contributed by atoms with Crippen LogP contribution in [0.4, 0.5) is 4.39 Å². The molecule has 1 aromatic rings. The first-order valence-corrected chi connectivity index (χ1v) is 9.67. The Labute approximate surface area is 158 Å². The van der Waals surface area contributed by atoms with E-state index in [0.717, 1.165) is 37.9 Å². The second-order valence-corrected chi connectivity index (χ2v) is 8.17. The van der Waals surface area contributed by atoms with Crippen molar-refractivity contribution >= 4 is 11.8 Å². The van der Waals surface area contributed by atoms with Crippen molar-refractivity contribution in [3.05, 3.63) is 34.6 Å². The van der Waals surface area contributed by atoms with Gasteiger partial charge in [0.1, 0.15) is 5.82 Å². The van der Waals surface area contributed by atoms with Crippen molar-refractivity contribution in [2.75, 3.05) is 13.1 Å². The summed E-state index contributed by atoms with van der Waals surface area (Å²) in [5, 5.41) is 8.86. The van der Waals surface area contributed by atoms with Gasteiger partial charge in [-0.05, 0) is 54.9 Å². The van der Waals surface area contributed by atoms with Crippen LogP contribution >= 0.6 is 0 Å². The lowest BCUT2D eigenvalue weighted by Crippen LogP contribution is -2.51. The molecule has 6 nitrogen and oxygen atoms in total. The molecule has 3 atom stereocenters. The number of hydroxylamine groups is 1. The molecule has 1 aliphatic carbocycles. The fourth-order valence-corrected chi connectivity index (χ4v) is 5.24. The SMILES string of the molecule is CC[C@H]1Cc2c(F)cc(C(=O)NO)cc2CN1CC12CC1CCN2C(C)=O. The van der Waals surface area contributed by atoms with Crippen LogP contribution in [0.15, 0.2) is 12.1 Å². The van der Waals surface area contributed by atoms with Crippen molar-refractivity contribution in [3.63, 3.8) is 0 Å². The largest absolute Gasteiger partial charge is 0.336 e. The van der Waals surface area contributed by atoms with Crippen molar-refractivity contribution in [1.29, 1.82) is 0 Å². The number of likely N-dealkylation sites (tertiary alicyclic amines) is 1. The molecule has 27 heavy (non-hydrogen) atoms. The lowest BCUT2D eigenvalue weighted by atomic mass is 9.90. The molecule has 1 saturated heterocycles. The van der Waals surface area contributed by atoms with Crippen LogP contribution in [0.1, 0.15) is 54.6 Å². The monoisotopic (exact) mass is 375 g/mol. The molecule has 1 saturated carbocycles. The van der Waals surface area contributed by atoms with E-state index in [0.29, 0.717) is 24.4 Å². The van der Waals surface area contributed by atoms with Gasteiger partial charge in [0.05, 0.1) is 5.54 Å².